The third-order valence-electron chi connectivity index (χ3n) is 2.25. The number of rotatable bonds is 2. The van der Waals surface area contributed by atoms with Crippen molar-refractivity contribution < 1.29 is 9.59 Å². The average molecular weight is 196 g/mol. The Hall–Kier alpha value is -1.32. The molecule has 0 spiro atoms. The number of hydrogen-bond acceptors (Lipinski definition) is 2. The Morgan fingerprint density at radius 3 is 2.57 bits per heavy atom. The summed E-state index contributed by atoms with van der Waals surface area (Å²) in [6.07, 6.45) is 4.07. The molecule has 78 valence electrons. The van der Waals surface area contributed by atoms with Crippen LogP contribution in [0.1, 0.15) is 20.8 Å². The summed E-state index contributed by atoms with van der Waals surface area (Å²) in [6.45, 7) is 6.24. The maximum atomic E-state index is 11.7. The number of amides is 2. The van der Waals surface area contributed by atoms with Gasteiger partial charge in [-0.3, -0.25) is 9.59 Å². The third-order valence-corrected chi connectivity index (χ3v) is 2.25. The molecule has 0 aromatic heterocycles. The van der Waals surface area contributed by atoms with E-state index in [0.717, 1.165) is 6.41 Å². The van der Waals surface area contributed by atoms with Crippen LogP contribution in [0.15, 0.2) is 12.4 Å². The fourth-order valence-corrected chi connectivity index (χ4v) is 1.43. The monoisotopic (exact) mass is 196 g/mol. The summed E-state index contributed by atoms with van der Waals surface area (Å²) in [5, 5.41) is 0. The smallest absolute Gasteiger partial charge is 0.229 e. The zero-order valence-corrected chi connectivity index (χ0v) is 8.80. The molecule has 0 saturated carbocycles. The minimum absolute atomic E-state index is 0.00937. The van der Waals surface area contributed by atoms with Crippen LogP contribution < -0.4 is 0 Å². The number of carbonyl (C=O) groups excluding carboxylic acids is 2. The molecule has 4 heteroatoms. The largest absolute Gasteiger partial charge is 0.318 e. The van der Waals surface area contributed by atoms with E-state index >= 15 is 0 Å². The highest BCUT2D eigenvalue weighted by Crippen LogP contribution is 2.12. The molecule has 1 rings (SSSR count). The van der Waals surface area contributed by atoms with E-state index in [9.17, 15) is 9.59 Å². The molecule has 1 atom stereocenters. The first kappa shape index (κ1) is 10.8. The van der Waals surface area contributed by atoms with E-state index in [2.05, 4.69) is 0 Å². The van der Waals surface area contributed by atoms with Crippen LogP contribution in [-0.2, 0) is 9.59 Å². The van der Waals surface area contributed by atoms with Crippen LogP contribution in [0.25, 0.3) is 0 Å². The fraction of sp³-hybridized carbons (Fsp3) is 0.600. The first-order chi connectivity index (χ1) is 6.56. The second kappa shape index (κ2) is 4.26. The Balaban J connectivity index is 2.73. The quantitative estimate of drug-likeness (QED) is 0.613. The Bertz CT molecular complexity index is 261. The molecule has 0 radical (unpaired) electrons. The summed E-state index contributed by atoms with van der Waals surface area (Å²) in [5.41, 5.74) is 0. The van der Waals surface area contributed by atoms with Crippen molar-refractivity contribution in [3.8, 4) is 0 Å². The lowest BCUT2D eigenvalue weighted by atomic mass is 10.1. The Morgan fingerprint density at radius 1 is 1.50 bits per heavy atom. The molecule has 1 heterocycles. The van der Waals surface area contributed by atoms with E-state index < -0.39 is 0 Å². The van der Waals surface area contributed by atoms with Crippen molar-refractivity contribution in [3.63, 3.8) is 0 Å². The predicted octanol–water partition coefficient (Wildman–Crippen LogP) is 0.803. The second-order valence-corrected chi connectivity index (χ2v) is 3.85. The van der Waals surface area contributed by atoms with Crippen LogP contribution in [0.5, 0.6) is 0 Å². The van der Waals surface area contributed by atoms with Gasteiger partial charge < -0.3 is 9.80 Å². The highest BCUT2D eigenvalue weighted by molar-refractivity contribution is 5.79. The van der Waals surface area contributed by atoms with Gasteiger partial charge in [0.05, 0.1) is 6.04 Å². The zero-order chi connectivity index (χ0) is 10.7. The van der Waals surface area contributed by atoms with Crippen molar-refractivity contribution in [2.24, 2.45) is 5.92 Å². The van der Waals surface area contributed by atoms with Gasteiger partial charge in [0.2, 0.25) is 12.3 Å². The number of nitrogens with zero attached hydrogens (tertiary/aromatic N) is 2. The van der Waals surface area contributed by atoms with Gasteiger partial charge in [0.25, 0.3) is 0 Å². The molecule has 2 amide bonds. The first-order valence-electron chi connectivity index (χ1n) is 4.77. The molecule has 4 nitrogen and oxygen atoms in total. The van der Waals surface area contributed by atoms with Crippen LogP contribution in [-0.4, -0.2) is 34.7 Å². The van der Waals surface area contributed by atoms with Crippen molar-refractivity contribution in [2.75, 3.05) is 6.54 Å². The zero-order valence-electron chi connectivity index (χ0n) is 8.80. The lowest BCUT2D eigenvalue weighted by Crippen LogP contribution is -2.45. The lowest BCUT2D eigenvalue weighted by Gasteiger charge is -2.33. The summed E-state index contributed by atoms with van der Waals surface area (Å²) < 4.78 is 0. The van der Waals surface area contributed by atoms with Gasteiger partial charge in [-0.1, -0.05) is 13.8 Å². The van der Waals surface area contributed by atoms with Gasteiger partial charge in [0.15, 0.2) is 0 Å². The molecule has 14 heavy (non-hydrogen) atoms. The average Bonchev–Trinajstić information content (AvgIpc) is 2.16. The van der Waals surface area contributed by atoms with Gasteiger partial charge in [-0.2, -0.15) is 0 Å². The first-order valence-corrected chi connectivity index (χ1v) is 4.77. The molecule has 0 fully saturated rings. The summed E-state index contributed by atoms with van der Waals surface area (Å²) in [7, 11) is 0. The van der Waals surface area contributed by atoms with Gasteiger partial charge in [-0.05, 0) is 6.92 Å². The molecule has 0 aromatic rings. The third kappa shape index (κ3) is 2.13. The summed E-state index contributed by atoms with van der Waals surface area (Å²) in [5.74, 6) is 0.0872. The molecular formula is C10H16N2O2. The van der Waals surface area contributed by atoms with Gasteiger partial charge >= 0.3 is 0 Å². The Morgan fingerprint density at radius 2 is 2.14 bits per heavy atom. The van der Waals surface area contributed by atoms with Crippen LogP contribution in [0, 0.1) is 5.92 Å². The van der Waals surface area contributed by atoms with E-state index in [0.29, 0.717) is 6.54 Å². The second-order valence-electron chi connectivity index (χ2n) is 3.85. The topological polar surface area (TPSA) is 40.6 Å². The molecule has 0 aliphatic carbocycles. The van der Waals surface area contributed by atoms with Crippen LogP contribution >= 0.6 is 0 Å². The van der Waals surface area contributed by atoms with E-state index in [1.165, 1.54) is 4.90 Å². The van der Waals surface area contributed by atoms with Gasteiger partial charge in [0, 0.05) is 24.9 Å². The van der Waals surface area contributed by atoms with Gasteiger partial charge in [0.1, 0.15) is 0 Å². The van der Waals surface area contributed by atoms with Crippen molar-refractivity contribution >= 4 is 12.3 Å². The van der Waals surface area contributed by atoms with Gasteiger partial charge in [-0.25, -0.2) is 0 Å². The number of carbonyl (C=O) groups is 2. The van der Waals surface area contributed by atoms with E-state index in [1.54, 1.807) is 17.3 Å². The molecule has 0 aromatic carbocycles. The molecule has 0 bridgehead atoms. The van der Waals surface area contributed by atoms with Crippen molar-refractivity contribution in [2.45, 2.75) is 26.8 Å². The molecule has 0 saturated heterocycles. The maximum absolute atomic E-state index is 11.7. The Labute approximate surface area is 84.2 Å². The SMILES string of the molecule is CC(C)C(=O)N1C=CN(C=O)CC1C. The highest BCUT2D eigenvalue weighted by atomic mass is 16.2. The molecular weight excluding hydrogens is 180 g/mol. The standard InChI is InChI=1S/C10H16N2O2/c1-8(2)10(14)12-5-4-11(7-13)6-9(12)3/h4-5,7-9H,6H2,1-3H3. The maximum Gasteiger partial charge on any atom is 0.229 e. The van der Waals surface area contributed by atoms with Crippen LogP contribution in [0.3, 0.4) is 0 Å². The summed E-state index contributed by atoms with van der Waals surface area (Å²) >= 11 is 0. The van der Waals surface area contributed by atoms with E-state index in [-0.39, 0.29) is 17.9 Å². The minimum Gasteiger partial charge on any atom is -0.318 e. The van der Waals surface area contributed by atoms with Crippen molar-refractivity contribution in [1.29, 1.82) is 0 Å². The molecule has 1 aliphatic heterocycles. The predicted molar refractivity (Wildman–Crippen MR) is 53.1 cm³/mol. The van der Waals surface area contributed by atoms with Crippen LogP contribution in [0.4, 0.5) is 0 Å². The highest BCUT2D eigenvalue weighted by Gasteiger charge is 2.24. The normalized spacial score (nSPS) is 21.6. The lowest BCUT2D eigenvalue weighted by molar-refractivity contribution is -0.135. The van der Waals surface area contributed by atoms with E-state index in [4.69, 9.17) is 0 Å². The number of hydrogen-bond donors (Lipinski definition) is 0. The van der Waals surface area contributed by atoms with Gasteiger partial charge in [-0.15, -0.1) is 0 Å². The summed E-state index contributed by atoms with van der Waals surface area (Å²) in [4.78, 5) is 25.4. The molecule has 1 unspecified atom stereocenters. The molecule has 0 N–H and O–H groups in total. The minimum atomic E-state index is -0.00937. The van der Waals surface area contributed by atoms with Crippen molar-refractivity contribution in [3.05, 3.63) is 12.4 Å². The Kier molecular flexibility index (Phi) is 3.28. The van der Waals surface area contributed by atoms with Crippen molar-refractivity contribution in [1.82, 2.24) is 9.80 Å². The van der Waals surface area contributed by atoms with E-state index in [1.807, 2.05) is 20.8 Å². The fourth-order valence-electron chi connectivity index (χ4n) is 1.43. The molecule has 1 aliphatic rings. The van der Waals surface area contributed by atoms with Crippen LogP contribution in [0.2, 0.25) is 0 Å². The summed E-state index contributed by atoms with van der Waals surface area (Å²) in [6, 6.07) is 0.0556.